The van der Waals surface area contributed by atoms with E-state index >= 15 is 0 Å². The smallest absolute Gasteiger partial charge is 0.236 e. The van der Waals surface area contributed by atoms with Gasteiger partial charge in [-0.25, -0.2) is 0 Å². The van der Waals surface area contributed by atoms with Gasteiger partial charge in [0.15, 0.2) is 0 Å². The first-order valence-corrected chi connectivity index (χ1v) is 11.6. The number of hydrogen-bond donors (Lipinski definition) is 1. The number of carbonyl (C=O) groups excluding carboxylic acids is 2. The lowest BCUT2D eigenvalue weighted by Crippen LogP contribution is -2.44. The van der Waals surface area contributed by atoms with Gasteiger partial charge in [0, 0.05) is 45.4 Å². The van der Waals surface area contributed by atoms with Crippen molar-refractivity contribution in [1.82, 2.24) is 9.80 Å². The Hall–Kier alpha value is -1.92. The Bertz CT molecular complexity index is 701. The predicted octanol–water partition coefficient (Wildman–Crippen LogP) is 3.04. The first-order valence-electron chi connectivity index (χ1n) is 11.6. The lowest BCUT2D eigenvalue weighted by atomic mass is 9.98. The summed E-state index contributed by atoms with van der Waals surface area (Å²) in [6.45, 7) is 6.09. The summed E-state index contributed by atoms with van der Waals surface area (Å²) >= 11 is 0. The molecule has 1 aromatic carbocycles. The number of hydrogen-bond acceptors (Lipinski definition) is 4. The van der Waals surface area contributed by atoms with E-state index in [2.05, 4.69) is 11.0 Å². The Morgan fingerprint density at radius 1 is 0.967 bits per heavy atom. The fourth-order valence-electron chi connectivity index (χ4n) is 4.60. The number of aliphatic hydroxyl groups excluding tert-OH is 1. The monoisotopic (exact) mass is 415 g/mol. The number of fused-ring (bicyclic) bond motifs is 1. The van der Waals surface area contributed by atoms with Gasteiger partial charge in [-0.2, -0.15) is 0 Å². The molecule has 1 saturated heterocycles. The van der Waals surface area contributed by atoms with Gasteiger partial charge < -0.3 is 14.9 Å². The molecular formula is C24H37N3O3. The van der Waals surface area contributed by atoms with Gasteiger partial charge in [0.2, 0.25) is 11.8 Å². The van der Waals surface area contributed by atoms with E-state index in [1.807, 2.05) is 28.0 Å². The number of likely N-dealkylation sites (tertiary alicyclic amines) is 1. The summed E-state index contributed by atoms with van der Waals surface area (Å²) in [4.78, 5) is 31.4. The molecular weight excluding hydrogens is 378 g/mol. The molecule has 3 rings (SSSR count). The zero-order chi connectivity index (χ0) is 21.3. The first-order chi connectivity index (χ1) is 14.6. The molecule has 0 atom stereocenters. The molecule has 166 valence electrons. The second kappa shape index (κ2) is 11.5. The Labute approximate surface area is 180 Å². The summed E-state index contributed by atoms with van der Waals surface area (Å²) in [5, 5.41) is 9.34. The van der Waals surface area contributed by atoms with Gasteiger partial charge in [-0.1, -0.05) is 37.5 Å². The molecule has 0 radical (unpaired) electrons. The third kappa shape index (κ3) is 6.29. The molecule has 0 unspecified atom stereocenters. The molecule has 1 fully saturated rings. The summed E-state index contributed by atoms with van der Waals surface area (Å²) < 4.78 is 0. The van der Waals surface area contributed by atoms with E-state index in [-0.39, 0.29) is 18.4 Å². The first kappa shape index (κ1) is 22.8. The fraction of sp³-hybridized carbons (Fsp3) is 0.667. The second-order valence-corrected chi connectivity index (χ2v) is 8.78. The van der Waals surface area contributed by atoms with Gasteiger partial charge >= 0.3 is 0 Å². The molecule has 0 aliphatic carbocycles. The third-order valence-electron chi connectivity index (χ3n) is 6.50. The van der Waals surface area contributed by atoms with E-state index < -0.39 is 0 Å². The second-order valence-electron chi connectivity index (χ2n) is 8.78. The maximum absolute atomic E-state index is 13.0. The molecule has 2 aliphatic heterocycles. The predicted molar refractivity (Wildman–Crippen MR) is 119 cm³/mol. The van der Waals surface area contributed by atoms with Crippen LogP contribution < -0.4 is 4.90 Å². The number of nitrogens with zero attached hydrogens (tertiary/aromatic N) is 3. The van der Waals surface area contributed by atoms with Crippen molar-refractivity contribution in [3.63, 3.8) is 0 Å². The van der Waals surface area contributed by atoms with Crippen molar-refractivity contribution < 1.29 is 14.7 Å². The van der Waals surface area contributed by atoms with Crippen molar-refractivity contribution in [1.29, 1.82) is 0 Å². The van der Waals surface area contributed by atoms with E-state index in [0.29, 0.717) is 19.0 Å². The average molecular weight is 416 g/mol. The highest BCUT2D eigenvalue weighted by atomic mass is 16.3. The van der Waals surface area contributed by atoms with Crippen LogP contribution in [0.5, 0.6) is 0 Å². The Kier molecular flexibility index (Phi) is 8.70. The van der Waals surface area contributed by atoms with Crippen molar-refractivity contribution >= 4 is 17.5 Å². The van der Waals surface area contributed by atoms with Crippen molar-refractivity contribution in [3.8, 4) is 0 Å². The van der Waals surface area contributed by atoms with Crippen LogP contribution in [0.4, 0.5) is 5.69 Å². The van der Waals surface area contributed by atoms with E-state index in [9.17, 15) is 14.7 Å². The minimum atomic E-state index is 0.0777. The lowest BCUT2D eigenvalue weighted by molar-refractivity contribution is -0.134. The van der Waals surface area contributed by atoms with Gasteiger partial charge in [0.05, 0.1) is 6.54 Å². The van der Waals surface area contributed by atoms with Gasteiger partial charge in [0.1, 0.15) is 0 Å². The fourth-order valence-corrected chi connectivity index (χ4v) is 4.60. The number of benzene rings is 1. The number of para-hydroxylation sites is 1. The van der Waals surface area contributed by atoms with Crippen LogP contribution in [0.25, 0.3) is 0 Å². The van der Waals surface area contributed by atoms with Gasteiger partial charge in [-0.15, -0.1) is 0 Å². The number of carbonyl (C=O) groups is 2. The van der Waals surface area contributed by atoms with Crippen LogP contribution in [-0.4, -0.2) is 66.1 Å². The number of piperidine rings is 1. The van der Waals surface area contributed by atoms with Crippen molar-refractivity contribution in [2.24, 2.45) is 5.92 Å². The summed E-state index contributed by atoms with van der Waals surface area (Å²) in [5.74, 6) is 0.591. The number of anilines is 1. The highest BCUT2D eigenvalue weighted by Gasteiger charge is 2.24. The van der Waals surface area contributed by atoms with Gasteiger partial charge in [-0.3, -0.25) is 14.5 Å². The van der Waals surface area contributed by atoms with Crippen LogP contribution in [0.2, 0.25) is 0 Å². The standard InChI is InChI=1S/C24H37N3O3/c1-20(29)27-14-8-4-2-3-7-13-25(17-22-9-5-6-10-23(22)27)18-24(30)26-15-11-21(19-28)12-16-26/h5-6,9-10,21,28H,2-4,7-8,11-19H2,1H3. The van der Waals surface area contributed by atoms with Crippen molar-refractivity contribution in [3.05, 3.63) is 29.8 Å². The molecule has 0 spiro atoms. The van der Waals surface area contributed by atoms with Crippen LogP contribution in [0, 0.1) is 5.92 Å². The summed E-state index contributed by atoms with van der Waals surface area (Å²) in [6, 6.07) is 8.12. The molecule has 2 amide bonds. The molecule has 6 nitrogen and oxygen atoms in total. The quantitative estimate of drug-likeness (QED) is 0.824. The zero-order valence-corrected chi connectivity index (χ0v) is 18.4. The SMILES string of the molecule is CC(=O)N1CCCCCCCN(CC(=O)N2CCC(CO)CC2)Cc2ccccc21. The molecule has 1 aromatic rings. The summed E-state index contributed by atoms with van der Waals surface area (Å²) in [7, 11) is 0. The van der Waals surface area contributed by atoms with Crippen molar-refractivity contribution in [2.45, 2.75) is 58.4 Å². The Balaban J connectivity index is 1.73. The average Bonchev–Trinajstić information content (AvgIpc) is 2.75. The van der Waals surface area contributed by atoms with Crippen LogP contribution in [0.1, 0.15) is 57.4 Å². The van der Waals surface area contributed by atoms with Gasteiger partial charge in [0.25, 0.3) is 0 Å². The van der Waals surface area contributed by atoms with E-state index in [1.54, 1.807) is 6.92 Å². The molecule has 6 heteroatoms. The maximum Gasteiger partial charge on any atom is 0.236 e. The number of amides is 2. The largest absolute Gasteiger partial charge is 0.396 e. The van der Waals surface area contributed by atoms with E-state index in [1.165, 1.54) is 6.42 Å². The van der Waals surface area contributed by atoms with Crippen LogP contribution in [0.3, 0.4) is 0 Å². The number of aliphatic hydroxyl groups is 1. The normalized spacial score (nSPS) is 20.2. The highest BCUT2D eigenvalue weighted by molar-refractivity contribution is 5.92. The van der Waals surface area contributed by atoms with Gasteiger partial charge in [-0.05, 0) is 49.8 Å². The third-order valence-corrected chi connectivity index (χ3v) is 6.50. The molecule has 2 heterocycles. The minimum Gasteiger partial charge on any atom is -0.396 e. The minimum absolute atomic E-state index is 0.0777. The Morgan fingerprint density at radius 2 is 1.63 bits per heavy atom. The molecule has 0 aromatic heterocycles. The zero-order valence-electron chi connectivity index (χ0n) is 18.4. The summed E-state index contributed by atoms with van der Waals surface area (Å²) in [5.41, 5.74) is 2.09. The molecule has 0 saturated carbocycles. The molecule has 1 N–H and O–H groups in total. The van der Waals surface area contributed by atoms with E-state index in [0.717, 1.165) is 76.0 Å². The molecule has 2 aliphatic rings. The van der Waals surface area contributed by atoms with Crippen LogP contribution in [0.15, 0.2) is 24.3 Å². The Morgan fingerprint density at radius 3 is 2.33 bits per heavy atom. The van der Waals surface area contributed by atoms with Crippen LogP contribution >= 0.6 is 0 Å². The molecule has 30 heavy (non-hydrogen) atoms. The maximum atomic E-state index is 13.0. The van der Waals surface area contributed by atoms with E-state index in [4.69, 9.17) is 0 Å². The van der Waals surface area contributed by atoms with Crippen LogP contribution in [-0.2, 0) is 16.1 Å². The number of rotatable bonds is 3. The highest BCUT2D eigenvalue weighted by Crippen LogP contribution is 2.24. The molecule has 0 bridgehead atoms. The van der Waals surface area contributed by atoms with Crippen molar-refractivity contribution in [2.75, 3.05) is 44.2 Å². The lowest BCUT2D eigenvalue weighted by Gasteiger charge is -2.33. The topological polar surface area (TPSA) is 64.1 Å². The summed E-state index contributed by atoms with van der Waals surface area (Å²) in [6.07, 6.45) is 7.36.